The van der Waals surface area contributed by atoms with Gasteiger partial charge in [0.05, 0.1) is 0 Å². The Bertz CT molecular complexity index is 582. The van der Waals surface area contributed by atoms with Crippen LogP contribution in [-0.4, -0.2) is 24.2 Å². The van der Waals surface area contributed by atoms with E-state index in [1.807, 2.05) is 23.9 Å². The highest BCUT2D eigenvalue weighted by molar-refractivity contribution is 7.99. The summed E-state index contributed by atoms with van der Waals surface area (Å²) in [6, 6.07) is 16.9. The third-order valence-electron chi connectivity index (χ3n) is 3.70. The van der Waals surface area contributed by atoms with E-state index in [-0.39, 0.29) is 0 Å². The molecule has 0 spiro atoms. The van der Waals surface area contributed by atoms with Crippen LogP contribution in [0.2, 0.25) is 5.02 Å². The van der Waals surface area contributed by atoms with Crippen molar-refractivity contribution < 1.29 is 0 Å². The maximum atomic E-state index is 5.93. The van der Waals surface area contributed by atoms with Crippen molar-refractivity contribution in [1.29, 1.82) is 0 Å². The van der Waals surface area contributed by atoms with Gasteiger partial charge in [0.2, 0.25) is 0 Å². The Morgan fingerprint density at radius 3 is 2.70 bits per heavy atom. The normalized spacial score (nSPS) is 17.4. The van der Waals surface area contributed by atoms with Gasteiger partial charge in [-0.05, 0) is 36.4 Å². The molecule has 0 radical (unpaired) electrons. The van der Waals surface area contributed by atoms with Gasteiger partial charge in [-0.1, -0.05) is 41.9 Å². The SMILES string of the molecule is CN(Cc1ccc(Cl)cc1)CC1CSc2ccccc21. The largest absolute Gasteiger partial charge is 0.301 e. The highest BCUT2D eigenvalue weighted by Crippen LogP contribution is 2.39. The van der Waals surface area contributed by atoms with Gasteiger partial charge in [-0.15, -0.1) is 11.8 Å². The molecule has 0 N–H and O–H groups in total. The minimum Gasteiger partial charge on any atom is -0.301 e. The lowest BCUT2D eigenvalue weighted by Gasteiger charge is -2.21. The first-order valence-electron chi connectivity index (χ1n) is 6.87. The Morgan fingerprint density at radius 2 is 1.90 bits per heavy atom. The molecule has 2 aromatic carbocycles. The first kappa shape index (κ1) is 14.0. The van der Waals surface area contributed by atoms with Crippen LogP contribution in [0.1, 0.15) is 17.0 Å². The molecule has 0 saturated heterocycles. The van der Waals surface area contributed by atoms with Crippen LogP contribution < -0.4 is 0 Å². The standard InChI is InChI=1S/C17H18ClNS/c1-19(10-13-6-8-15(18)9-7-13)11-14-12-20-17-5-3-2-4-16(14)17/h2-9,14H,10-12H2,1H3. The predicted octanol–water partition coefficient (Wildman–Crippen LogP) is 4.66. The van der Waals surface area contributed by atoms with Crippen LogP contribution in [0.4, 0.5) is 0 Å². The number of thioether (sulfide) groups is 1. The molecule has 3 rings (SSSR count). The van der Waals surface area contributed by atoms with Gasteiger partial charge in [-0.25, -0.2) is 0 Å². The molecular weight excluding hydrogens is 286 g/mol. The molecule has 3 heteroatoms. The van der Waals surface area contributed by atoms with Gasteiger partial charge < -0.3 is 4.90 Å². The molecule has 0 aromatic heterocycles. The first-order chi connectivity index (χ1) is 9.72. The van der Waals surface area contributed by atoms with E-state index in [0.29, 0.717) is 5.92 Å². The van der Waals surface area contributed by atoms with Crippen molar-refractivity contribution in [3.63, 3.8) is 0 Å². The van der Waals surface area contributed by atoms with Crippen molar-refractivity contribution in [2.24, 2.45) is 0 Å². The van der Waals surface area contributed by atoms with Crippen molar-refractivity contribution >= 4 is 23.4 Å². The van der Waals surface area contributed by atoms with Crippen LogP contribution in [0.3, 0.4) is 0 Å². The van der Waals surface area contributed by atoms with Crippen molar-refractivity contribution in [2.45, 2.75) is 17.4 Å². The van der Waals surface area contributed by atoms with Crippen LogP contribution >= 0.6 is 23.4 Å². The van der Waals surface area contributed by atoms with Crippen LogP contribution in [0.5, 0.6) is 0 Å². The van der Waals surface area contributed by atoms with Gasteiger partial charge in [0.15, 0.2) is 0 Å². The molecule has 1 aliphatic heterocycles. The molecule has 0 saturated carbocycles. The molecule has 1 heterocycles. The zero-order valence-electron chi connectivity index (χ0n) is 11.6. The van der Waals surface area contributed by atoms with E-state index in [0.717, 1.165) is 18.1 Å². The molecule has 0 fully saturated rings. The number of hydrogen-bond donors (Lipinski definition) is 0. The van der Waals surface area contributed by atoms with E-state index in [1.54, 1.807) is 0 Å². The van der Waals surface area contributed by atoms with Crippen LogP contribution in [-0.2, 0) is 6.54 Å². The second kappa shape index (κ2) is 6.21. The third-order valence-corrected chi connectivity index (χ3v) is 5.20. The zero-order chi connectivity index (χ0) is 13.9. The van der Waals surface area contributed by atoms with Gasteiger partial charge in [0.25, 0.3) is 0 Å². The molecule has 104 valence electrons. The van der Waals surface area contributed by atoms with Gasteiger partial charge in [-0.2, -0.15) is 0 Å². The Kier molecular flexibility index (Phi) is 4.35. The van der Waals surface area contributed by atoms with E-state index in [9.17, 15) is 0 Å². The van der Waals surface area contributed by atoms with E-state index >= 15 is 0 Å². The molecular formula is C17H18ClNS. The van der Waals surface area contributed by atoms with Crippen LogP contribution in [0, 0.1) is 0 Å². The van der Waals surface area contributed by atoms with Gasteiger partial charge in [0.1, 0.15) is 0 Å². The molecule has 0 bridgehead atoms. The molecule has 0 aliphatic carbocycles. The van der Waals surface area contributed by atoms with E-state index < -0.39 is 0 Å². The van der Waals surface area contributed by atoms with E-state index in [2.05, 4.69) is 48.3 Å². The molecule has 2 aromatic rings. The predicted molar refractivity (Wildman–Crippen MR) is 87.7 cm³/mol. The number of nitrogens with zero attached hydrogens (tertiary/aromatic N) is 1. The lowest BCUT2D eigenvalue weighted by atomic mass is 10.0. The maximum Gasteiger partial charge on any atom is 0.0406 e. The molecule has 1 unspecified atom stereocenters. The Morgan fingerprint density at radius 1 is 1.15 bits per heavy atom. The number of hydrogen-bond acceptors (Lipinski definition) is 2. The summed E-state index contributed by atoms with van der Waals surface area (Å²) >= 11 is 7.91. The Balaban J connectivity index is 1.62. The van der Waals surface area contributed by atoms with Crippen molar-refractivity contribution in [1.82, 2.24) is 4.90 Å². The smallest absolute Gasteiger partial charge is 0.0406 e. The minimum absolute atomic E-state index is 0.647. The number of fused-ring (bicyclic) bond motifs is 1. The summed E-state index contributed by atoms with van der Waals surface area (Å²) in [4.78, 5) is 3.86. The molecule has 0 amide bonds. The Labute approximate surface area is 129 Å². The van der Waals surface area contributed by atoms with Crippen LogP contribution in [0.25, 0.3) is 0 Å². The van der Waals surface area contributed by atoms with Crippen molar-refractivity contribution in [3.05, 3.63) is 64.7 Å². The fraction of sp³-hybridized carbons (Fsp3) is 0.294. The summed E-state index contributed by atoms with van der Waals surface area (Å²) in [7, 11) is 2.19. The Hall–Kier alpha value is -0.960. The van der Waals surface area contributed by atoms with Crippen molar-refractivity contribution in [2.75, 3.05) is 19.3 Å². The number of rotatable bonds is 4. The molecule has 1 aliphatic rings. The number of likely N-dealkylation sites (N-methyl/N-ethyl adjacent to an activating group) is 1. The fourth-order valence-electron chi connectivity index (χ4n) is 2.72. The summed E-state index contributed by atoms with van der Waals surface area (Å²) in [5.41, 5.74) is 2.83. The lowest BCUT2D eigenvalue weighted by Crippen LogP contribution is -2.24. The zero-order valence-corrected chi connectivity index (χ0v) is 13.1. The highest BCUT2D eigenvalue weighted by Gasteiger charge is 2.23. The summed E-state index contributed by atoms with van der Waals surface area (Å²) in [6.45, 7) is 2.08. The third kappa shape index (κ3) is 3.20. The summed E-state index contributed by atoms with van der Waals surface area (Å²) < 4.78 is 0. The molecule has 1 nitrogen and oxygen atoms in total. The quantitative estimate of drug-likeness (QED) is 0.808. The monoisotopic (exact) mass is 303 g/mol. The van der Waals surface area contributed by atoms with Gasteiger partial charge >= 0.3 is 0 Å². The average molecular weight is 304 g/mol. The molecule has 1 atom stereocenters. The maximum absolute atomic E-state index is 5.93. The second-order valence-corrected chi connectivity index (χ2v) is 6.87. The van der Waals surface area contributed by atoms with Crippen molar-refractivity contribution in [3.8, 4) is 0 Å². The van der Waals surface area contributed by atoms with Gasteiger partial charge in [0, 0.05) is 34.7 Å². The lowest BCUT2D eigenvalue weighted by molar-refractivity contribution is 0.311. The number of benzene rings is 2. The second-order valence-electron chi connectivity index (χ2n) is 5.37. The van der Waals surface area contributed by atoms with E-state index in [1.165, 1.54) is 21.8 Å². The minimum atomic E-state index is 0.647. The summed E-state index contributed by atoms with van der Waals surface area (Å²) in [6.07, 6.45) is 0. The van der Waals surface area contributed by atoms with Gasteiger partial charge in [-0.3, -0.25) is 0 Å². The highest BCUT2D eigenvalue weighted by atomic mass is 35.5. The number of halogens is 1. The summed E-state index contributed by atoms with van der Waals surface area (Å²) in [5, 5.41) is 0.803. The van der Waals surface area contributed by atoms with Crippen LogP contribution in [0.15, 0.2) is 53.4 Å². The topological polar surface area (TPSA) is 3.24 Å². The molecule has 20 heavy (non-hydrogen) atoms. The van der Waals surface area contributed by atoms with E-state index in [4.69, 9.17) is 11.6 Å². The summed E-state index contributed by atoms with van der Waals surface area (Å²) in [5.74, 6) is 1.85. The average Bonchev–Trinajstić information content (AvgIpc) is 2.85. The first-order valence-corrected chi connectivity index (χ1v) is 8.23. The fourth-order valence-corrected chi connectivity index (χ4v) is 4.09.